The summed E-state index contributed by atoms with van der Waals surface area (Å²) in [4.78, 5) is 11.2. The Bertz CT molecular complexity index is 658. The Hall–Kier alpha value is -2.69. The molecule has 2 N–H and O–H groups in total. The fourth-order valence-electron chi connectivity index (χ4n) is 1.83. The van der Waals surface area contributed by atoms with Gasteiger partial charge in [0.25, 0.3) is 0 Å². The Labute approximate surface area is 123 Å². The number of hydrogen-bond acceptors (Lipinski definition) is 5. The van der Waals surface area contributed by atoms with E-state index in [4.69, 9.17) is 19.6 Å². The second kappa shape index (κ2) is 6.65. The SMILES string of the molecule is CCOC(=O)/C=C/c1ccc(-c2ccc(OC)c(N)c2)o1. The van der Waals surface area contributed by atoms with Gasteiger partial charge in [-0.1, -0.05) is 0 Å². The minimum absolute atomic E-state index is 0.345. The summed E-state index contributed by atoms with van der Waals surface area (Å²) in [5.41, 5.74) is 7.24. The molecular weight excluding hydrogens is 270 g/mol. The van der Waals surface area contributed by atoms with E-state index in [1.54, 1.807) is 38.3 Å². The van der Waals surface area contributed by atoms with Crippen LogP contribution < -0.4 is 10.5 Å². The van der Waals surface area contributed by atoms with Crippen LogP contribution in [0.1, 0.15) is 12.7 Å². The van der Waals surface area contributed by atoms with Crippen LogP contribution in [0.25, 0.3) is 17.4 Å². The van der Waals surface area contributed by atoms with Crippen molar-refractivity contribution < 1.29 is 18.7 Å². The van der Waals surface area contributed by atoms with Gasteiger partial charge < -0.3 is 19.6 Å². The molecule has 0 aliphatic carbocycles. The van der Waals surface area contributed by atoms with Crippen molar-refractivity contribution in [3.8, 4) is 17.1 Å². The van der Waals surface area contributed by atoms with Crippen LogP contribution in [-0.2, 0) is 9.53 Å². The van der Waals surface area contributed by atoms with E-state index in [0.717, 1.165) is 5.56 Å². The highest BCUT2D eigenvalue weighted by Gasteiger charge is 2.07. The predicted molar refractivity (Wildman–Crippen MR) is 80.8 cm³/mol. The van der Waals surface area contributed by atoms with Gasteiger partial charge in [-0.3, -0.25) is 0 Å². The topological polar surface area (TPSA) is 74.7 Å². The fraction of sp³-hybridized carbons (Fsp3) is 0.188. The van der Waals surface area contributed by atoms with Crippen LogP contribution in [0.5, 0.6) is 5.75 Å². The van der Waals surface area contributed by atoms with E-state index >= 15 is 0 Å². The average molecular weight is 287 g/mol. The molecule has 1 aromatic carbocycles. The standard InChI is InChI=1S/C16H17NO4/c1-3-20-16(18)9-6-12-5-8-14(21-12)11-4-7-15(19-2)13(17)10-11/h4-10H,3,17H2,1-2H3/b9-6+. The van der Waals surface area contributed by atoms with Crippen LogP contribution in [-0.4, -0.2) is 19.7 Å². The summed E-state index contributed by atoms with van der Waals surface area (Å²) in [5, 5.41) is 0. The van der Waals surface area contributed by atoms with Crippen molar-refractivity contribution in [1.29, 1.82) is 0 Å². The van der Waals surface area contributed by atoms with Crippen molar-refractivity contribution in [1.82, 2.24) is 0 Å². The quantitative estimate of drug-likeness (QED) is 0.519. The van der Waals surface area contributed by atoms with E-state index in [-0.39, 0.29) is 0 Å². The molecule has 0 atom stereocenters. The molecule has 1 aromatic heterocycles. The number of hydrogen-bond donors (Lipinski definition) is 1. The van der Waals surface area contributed by atoms with E-state index in [1.165, 1.54) is 6.08 Å². The number of methoxy groups -OCH3 is 1. The first-order valence-corrected chi connectivity index (χ1v) is 6.52. The molecule has 5 nitrogen and oxygen atoms in total. The van der Waals surface area contributed by atoms with Gasteiger partial charge in [0.1, 0.15) is 17.3 Å². The largest absolute Gasteiger partial charge is 0.495 e. The van der Waals surface area contributed by atoms with Crippen LogP contribution >= 0.6 is 0 Å². The maximum absolute atomic E-state index is 11.2. The van der Waals surface area contributed by atoms with E-state index in [9.17, 15) is 4.79 Å². The second-order valence-corrected chi connectivity index (χ2v) is 4.24. The molecule has 5 heteroatoms. The number of carbonyl (C=O) groups excluding carboxylic acids is 1. The molecule has 0 spiro atoms. The van der Waals surface area contributed by atoms with E-state index in [2.05, 4.69) is 0 Å². The molecule has 0 fully saturated rings. The number of rotatable bonds is 5. The Morgan fingerprint density at radius 2 is 2.14 bits per heavy atom. The summed E-state index contributed by atoms with van der Waals surface area (Å²) in [7, 11) is 1.57. The average Bonchev–Trinajstić information content (AvgIpc) is 2.94. The number of carbonyl (C=O) groups is 1. The minimum Gasteiger partial charge on any atom is -0.495 e. The van der Waals surface area contributed by atoms with Crippen molar-refractivity contribution in [2.75, 3.05) is 19.5 Å². The lowest BCUT2D eigenvalue weighted by atomic mass is 10.1. The van der Waals surface area contributed by atoms with Gasteiger partial charge in [-0.2, -0.15) is 0 Å². The number of nitrogens with two attached hydrogens (primary N) is 1. The first kappa shape index (κ1) is 14.7. The smallest absolute Gasteiger partial charge is 0.330 e. The number of anilines is 1. The van der Waals surface area contributed by atoms with Crippen molar-refractivity contribution in [2.24, 2.45) is 0 Å². The van der Waals surface area contributed by atoms with Crippen LogP contribution in [0.15, 0.2) is 40.8 Å². The number of ether oxygens (including phenoxy) is 2. The Morgan fingerprint density at radius 1 is 1.33 bits per heavy atom. The van der Waals surface area contributed by atoms with Crippen LogP contribution in [0.4, 0.5) is 5.69 Å². The summed E-state index contributed by atoms with van der Waals surface area (Å²) < 4.78 is 15.5. The van der Waals surface area contributed by atoms with Crippen LogP contribution in [0, 0.1) is 0 Å². The number of furan rings is 1. The zero-order valence-corrected chi connectivity index (χ0v) is 12.0. The molecule has 110 valence electrons. The van der Waals surface area contributed by atoms with Gasteiger partial charge in [-0.25, -0.2) is 4.79 Å². The van der Waals surface area contributed by atoms with E-state index < -0.39 is 5.97 Å². The molecule has 0 aliphatic rings. The zero-order chi connectivity index (χ0) is 15.2. The molecule has 21 heavy (non-hydrogen) atoms. The molecule has 0 radical (unpaired) electrons. The van der Waals surface area contributed by atoms with Crippen molar-refractivity contribution in [3.05, 3.63) is 42.2 Å². The van der Waals surface area contributed by atoms with Gasteiger partial charge in [0, 0.05) is 11.6 Å². The number of esters is 1. The molecule has 2 aromatic rings. The summed E-state index contributed by atoms with van der Waals surface area (Å²) in [6, 6.07) is 8.99. The van der Waals surface area contributed by atoms with Gasteiger partial charge in [-0.15, -0.1) is 0 Å². The Morgan fingerprint density at radius 3 is 2.81 bits per heavy atom. The van der Waals surface area contributed by atoms with Gasteiger partial charge in [-0.05, 0) is 43.3 Å². The third-order valence-corrected chi connectivity index (χ3v) is 2.81. The highest BCUT2D eigenvalue weighted by molar-refractivity contribution is 5.86. The zero-order valence-electron chi connectivity index (χ0n) is 12.0. The van der Waals surface area contributed by atoms with Crippen molar-refractivity contribution in [3.63, 3.8) is 0 Å². The third kappa shape index (κ3) is 3.66. The van der Waals surface area contributed by atoms with Crippen LogP contribution in [0.3, 0.4) is 0 Å². The van der Waals surface area contributed by atoms with E-state index in [1.807, 2.05) is 12.1 Å². The monoisotopic (exact) mass is 287 g/mol. The van der Waals surface area contributed by atoms with Gasteiger partial charge in [0.2, 0.25) is 0 Å². The van der Waals surface area contributed by atoms with E-state index in [0.29, 0.717) is 29.6 Å². The molecule has 1 heterocycles. The lowest BCUT2D eigenvalue weighted by Gasteiger charge is -2.05. The summed E-state index contributed by atoms with van der Waals surface area (Å²) >= 11 is 0. The first-order chi connectivity index (χ1) is 10.1. The maximum Gasteiger partial charge on any atom is 0.330 e. The van der Waals surface area contributed by atoms with Gasteiger partial charge >= 0.3 is 5.97 Å². The molecule has 0 aliphatic heterocycles. The Kier molecular flexibility index (Phi) is 4.66. The normalized spacial score (nSPS) is 10.8. The Balaban J connectivity index is 2.16. The molecule has 0 amide bonds. The minimum atomic E-state index is -0.399. The van der Waals surface area contributed by atoms with Crippen molar-refractivity contribution in [2.45, 2.75) is 6.92 Å². The predicted octanol–water partition coefficient (Wildman–Crippen LogP) is 3.11. The van der Waals surface area contributed by atoms with Crippen molar-refractivity contribution >= 4 is 17.7 Å². The molecular formula is C16H17NO4. The molecule has 0 saturated heterocycles. The molecule has 0 bridgehead atoms. The summed E-state index contributed by atoms with van der Waals surface area (Å²) in [6.45, 7) is 2.10. The lowest BCUT2D eigenvalue weighted by Crippen LogP contribution is -1.98. The highest BCUT2D eigenvalue weighted by Crippen LogP contribution is 2.29. The van der Waals surface area contributed by atoms with Crippen LogP contribution in [0.2, 0.25) is 0 Å². The van der Waals surface area contributed by atoms with Gasteiger partial charge in [0.15, 0.2) is 0 Å². The molecule has 0 saturated carbocycles. The first-order valence-electron chi connectivity index (χ1n) is 6.52. The highest BCUT2D eigenvalue weighted by atomic mass is 16.5. The fourth-order valence-corrected chi connectivity index (χ4v) is 1.83. The molecule has 0 unspecified atom stereocenters. The third-order valence-electron chi connectivity index (χ3n) is 2.81. The second-order valence-electron chi connectivity index (χ2n) is 4.24. The lowest BCUT2D eigenvalue weighted by molar-refractivity contribution is -0.137. The number of benzene rings is 1. The number of nitrogen functional groups attached to an aromatic ring is 1. The van der Waals surface area contributed by atoms with Gasteiger partial charge in [0.05, 0.1) is 19.4 Å². The molecule has 2 rings (SSSR count). The maximum atomic E-state index is 11.2. The summed E-state index contributed by atoms with van der Waals surface area (Å²) in [6.07, 6.45) is 2.89. The summed E-state index contributed by atoms with van der Waals surface area (Å²) in [5.74, 6) is 1.44.